The van der Waals surface area contributed by atoms with Gasteiger partial charge in [-0.25, -0.2) is 0 Å². The maximum Gasteiger partial charge on any atom is 0.205 e. The summed E-state index contributed by atoms with van der Waals surface area (Å²) >= 11 is 5.85. The molecule has 1 atom stereocenters. The van der Waals surface area contributed by atoms with Gasteiger partial charge in [-0.2, -0.15) is 0 Å². The molecule has 1 aromatic carbocycles. The fraction of sp³-hybridized carbons (Fsp3) is 0.400. The lowest BCUT2D eigenvalue weighted by Crippen LogP contribution is -2.30. The molecule has 1 unspecified atom stereocenters. The number of benzene rings is 1. The molecule has 0 fully saturated rings. The Morgan fingerprint density at radius 3 is 2.62 bits per heavy atom. The second kappa shape index (κ2) is 3.99. The van der Waals surface area contributed by atoms with E-state index < -0.39 is 5.79 Å². The third-order valence-electron chi connectivity index (χ3n) is 1.82. The number of hydrogen-bond donors (Lipinski definition) is 1. The first-order valence-electron chi connectivity index (χ1n) is 4.21. The molecule has 3 heteroatoms. The molecule has 0 aliphatic rings. The van der Waals surface area contributed by atoms with Gasteiger partial charge < -0.3 is 9.84 Å². The summed E-state index contributed by atoms with van der Waals surface area (Å²) in [4.78, 5) is 0. The summed E-state index contributed by atoms with van der Waals surface area (Å²) in [5, 5.41) is 10.1. The molecule has 72 valence electrons. The lowest BCUT2D eigenvalue weighted by Gasteiger charge is -2.23. The number of rotatable bonds is 3. The van der Waals surface area contributed by atoms with Crippen LogP contribution in [0.3, 0.4) is 0 Å². The lowest BCUT2D eigenvalue weighted by atomic mass is 10.2. The van der Waals surface area contributed by atoms with Crippen molar-refractivity contribution in [3.63, 3.8) is 0 Å². The Balaban J connectivity index is 2.80. The van der Waals surface area contributed by atoms with Crippen LogP contribution in [0.1, 0.15) is 20.3 Å². The summed E-state index contributed by atoms with van der Waals surface area (Å²) in [5.41, 5.74) is 0. The first-order chi connectivity index (χ1) is 6.05. The highest BCUT2D eigenvalue weighted by Crippen LogP contribution is 2.27. The van der Waals surface area contributed by atoms with Gasteiger partial charge in [0, 0.05) is 13.3 Å². The summed E-state index contributed by atoms with van der Waals surface area (Å²) < 4.78 is 5.31. The van der Waals surface area contributed by atoms with Crippen molar-refractivity contribution < 1.29 is 9.84 Å². The Morgan fingerprint density at radius 1 is 1.46 bits per heavy atom. The number of ether oxygens (including phenoxy) is 1. The molecule has 0 saturated carbocycles. The standard InChI is InChI=1S/C10H13ClO2/c1-3-10(2,12)13-9-7-5-4-6-8(9)11/h4-7,12H,3H2,1-2H3. The van der Waals surface area contributed by atoms with Crippen LogP contribution in [0, 0.1) is 0 Å². The second-order valence-corrected chi connectivity index (χ2v) is 3.47. The van der Waals surface area contributed by atoms with Gasteiger partial charge in [0.05, 0.1) is 5.02 Å². The van der Waals surface area contributed by atoms with E-state index in [0.29, 0.717) is 17.2 Å². The van der Waals surface area contributed by atoms with Gasteiger partial charge >= 0.3 is 0 Å². The summed E-state index contributed by atoms with van der Waals surface area (Å²) in [5.74, 6) is -0.638. The van der Waals surface area contributed by atoms with E-state index in [1.54, 1.807) is 19.1 Å². The van der Waals surface area contributed by atoms with Crippen molar-refractivity contribution in [2.45, 2.75) is 26.1 Å². The highest BCUT2D eigenvalue weighted by atomic mass is 35.5. The molecule has 1 N–H and O–H groups in total. The van der Waals surface area contributed by atoms with Gasteiger partial charge in [-0.1, -0.05) is 30.7 Å². The highest BCUT2D eigenvalue weighted by molar-refractivity contribution is 6.32. The number of para-hydroxylation sites is 1. The molecule has 0 aliphatic heterocycles. The maximum atomic E-state index is 9.62. The van der Waals surface area contributed by atoms with Crippen molar-refractivity contribution in [2.24, 2.45) is 0 Å². The Kier molecular flexibility index (Phi) is 3.17. The van der Waals surface area contributed by atoms with Gasteiger partial charge in [0.2, 0.25) is 5.79 Å². The van der Waals surface area contributed by atoms with E-state index in [9.17, 15) is 5.11 Å². The van der Waals surface area contributed by atoms with Crippen LogP contribution in [0.2, 0.25) is 5.02 Å². The molecule has 0 aliphatic carbocycles. The van der Waals surface area contributed by atoms with Gasteiger partial charge in [0.15, 0.2) is 0 Å². The van der Waals surface area contributed by atoms with E-state index in [0.717, 1.165) is 0 Å². The molecule has 13 heavy (non-hydrogen) atoms. The Bertz CT molecular complexity index is 284. The SMILES string of the molecule is CCC(C)(O)Oc1ccccc1Cl. The van der Waals surface area contributed by atoms with Crippen molar-refractivity contribution in [3.05, 3.63) is 29.3 Å². The fourth-order valence-corrected chi connectivity index (χ4v) is 1.01. The molecule has 1 rings (SSSR count). The minimum absolute atomic E-state index is 0.510. The minimum atomic E-state index is -1.15. The number of hydrogen-bond acceptors (Lipinski definition) is 2. The van der Waals surface area contributed by atoms with Crippen LogP contribution in [-0.4, -0.2) is 10.9 Å². The van der Waals surface area contributed by atoms with Crippen LogP contribution < -0.4 is 4.74 Å². The molecule has 0 aromatic heterocycles. The predicted octanol–water partition coefficient (Wildman–Crippen LogP) is 2.84. The van der Waals surface area contributed by atoms with Crippen molar-refractivity contribution in [2.75, 3.05) is 0 Å². The molecule has 0 spiro atoms. The number of aliphatic hydroxyl groups is 1. The lowest BCUT2D eigenvalue weighted by molar-refractivity contribution is -0.123. The zero-order valence-electron chi connectivity index (χ0n) is 7.75. The van der Waals surface area contributed by atoms with Crippen molar-refractivity contribution in [3.8, 4) is 5.75 Å². The number of halogens is 1. The third kappa shape index (κ3) is 2.90. The van der Waals surface area contributed by atoms with Crippen molar-refractivity contribution >= 4 is 11.6 Å². The van der Waals surface area contributed by atoms with Crippen LogP contribution >= 0.6 is 11.6 Å². The van der Waals surface area contributed by atoms with Crippen LogP contribution in [0.15, 0.2) is 24.3 Å². The Hall–Kier alpha value is -0.730. The van der Waals surface area contributed by atoms with Gasteiger partial charge in [-0.15, -0.1) is 0 Å². The van der Waals surface area contributed by atoms with E-state index in [2.05, 4.69) is 0 Å². The molecule has 0 bridgehead atoms. The molecular formula is C10H13ClO2. The zero-order chi connectivity index (χ0) is 9.90. The maximum absolute atomic E-state index is 9.62. The highest BCUT2D eigenvalue weighted by Gasteiger charge is 2.20. The van der Waals surface area contributed by atoms with Crippen molar-refractivity contribution in [1.82, 2.24) is 0 Å². The largest absolute Gasteiger partial charge is 0.461 e. The Labute approximate surface area is 83.1 Å². The van der Waals surface area contributed by atoms with Gasteiger partial charge in [0.1, 0.15) is 5.75 Å². The first kappa shape index (κ1) is 10.4. The van der Waals surface area contributed by atoms with Gasteiger partial charge in [0.25, 0.3) is 0 Å². The monoisotopic (exact) mass is 200 g/mol. The zero-order valence-corrected chi connectivity index (χ0v) is 8.51. The topological polar surface area (TPSA) is 29.5 Å². The van der Waals surface area contributed by atoms with Crippen LogP contribution in [0.25, 0.3) is 0 Å². The van der Waals surface area contributed by atoms with Crippen molar-refractivity contribution in [1.29, 1.82) is 0 Å². The summed E-state index contributed by atoms with van der Waals surface area (Å²) in [7, 11) is 0. The van der Waals surface area contributed by atoms with E-state index in [-0.39, 0.29) is 0 Å². The minimum Gasteiger partial charge on any atom is -0.461 e. The van der Waals surface area contributed by atoms with Crippen LogP contribution in [0.5, 0.6) is 5.75 Å². The quantitative estimate of drug-likeness (QED) is 0.761. The average molecular weight is 201 g/mol. The smallest absolute Gasteiger partial charge is 0.205 e. The van der Waals surface area contributed by atoms with Gasteiger partial charge in [-0.3, -0.25) is 0 Å². The third-order valence-corrected chi connectivity index (χ3v) is 2.13. The molecular weight excluding hydrogens is 188 g/mol. The molecule has 0 radical (unpaired) electrons. The molecule has 1 aromatic rings. The molecule has 0 saturated heterocycles. The first-order valence-corrected chi connectivity index (χ1v) is 4.59. The summed E-state index contributed by atoms with van der Waals surface area (Å²) in [6.45, 7) is 3.45. The summed E-state index contributed by atoms with van der Waals surface area (Å²) in [6.07, 6.45) is 0.512. The normalized spacial score (nSPS) is 15.1. The van der Waals surface area contributed by atoms with E-state index in [1.807, 2.05) is 19.1 Å². The fourth-order valence-electron chi connectivity index (χ4n) is 0.837. The van der Waals surface area contributed by atoms with Gasteiger partial charge in [-0.05, 0) is 12.1 Å². The van der Waals surface area contributed by atoms with Crippen LogP contribution in [0.4, 0.5) is 0 Å². The summed E-state index contributed by atoms with van der Waals surface area (Å²) in [6, 6.07) is 7.08. The predicted molar refractivity (Wildman–Crippen MR) is 53.0 cm³/mol. The second-order valence-electron chi connectivity index (χ2n) is 3.06. The van der Waals surface area contributed by atoms with Crippen LogP contribution in [-0.2, 0) is 0 Å². The van der Waals surface area contributed by atoms with E-state index in [1.165, 1.54) is 0 Å². The van der Waals surface area contributed by atoms with E-state index in [4.69, 9.17) is 16.3 Å². The average Bonchev–Trinajstić information content (AvgIpc) is 2.09. The van der Waals surface area contributed by atoms with E-state index >= 15 is 0 Å². The molecule has 2 nitrogen and oxygen atoms in total. The molecule has 0 amide bonds. The molecule has 0 heterocycles. The Morgan fingerprint density at radius 2 is 2.08 bits per heavy atom.